The van der Waals surface area contributed by atoms with Gasteiger partial charge in [0.25, 0.3) is 0 Å². The van der Waals surface area contributed by atoms with Crippen LogP contribution in [-0.2, 0) is 0 Å². The summed E-state index contributed by atoms with van der Waals surface area (Å²) in [5.74, 6) is 2.46. The summed E-state index contributed by atoms with van der Waals surface area (Å²) >= 11 is 0. The van der Waals surface area contributed by atoms with Crippen molar-refractivity contribution in [2.75, 3.05) is 0 Å². The first kappa shape index (κ1) is 13.2. The Hall–Kier alpha value is -1.50. The van der Waals surface area contributed by atoms with Crippen LogP contribution in [0.1, 0.15) is 56.6 Å². The van der Waals surface area contributed by atoms with Crippen molar-refractivity contribution >= 4 is 6.08 Å². The maximum atomic E-state index is 9.70. The van der Waals surface area contributed by atoms with E-state index in [4.69, 9.17) is 0 Å². The Bertz CT molecular complexity index is 639. The van der Waals surface area contributed by atoms with Crippen LogP contribution in [0.15, 0.2) is 35.9 Å². The van der Waals surface area contributed by atoms with Gasteiger partial charge in [-0.05, 0) is 72.1 Å². The molecule has 1 heteroatoms. The molecule has 21 heavy (non-hydrogen) atoms. The van der Waals surface area contributed by atoms with Gasteiger partial charge in [0.15, 0.2) is 0 Å². The summed E-state index contributed by atoms with van der Waals surface area (Å²) in [6.45, 7) is 4.80. The van der Waals surface area contributed by atoms with Gasteiger partial charge in [0.05, 0.1) is 0 Å². The summed E-state index contributed by atoms with van der Waals surface area (Å²) in [6.07, 6.45) is 12.2. The average Bonchev–Trinajstić information content (AvgIpc) is 2.83. The zero-order valence-corrected chi connectivity index (χ0v) is 13.0. The molecule has 4 atom stereocenters. The first-order valence-electron chi connectivity index (χ1n) is 8.34. The summed E-state index contributed by atoms with van der Waals surface area (Å²) in [5, 5.41) is 9.70. The minimum atomic E-state index is 0.383. The summed E-state index contributed by atoms with van der Waals surface area (Å²) in [4.78, 5) is 0. The minimum absolute atomic E-state index is 0.383. The number of phenolic OH excluding ortho intramolecular Hbond substituents is 1. The number of fused-ring (bicyclic) bond motifs is 5. The van der Waals surface area contributed by atoms with Crippen LogP contribution >= 0.6 is 0 Å². The third-order valence-electron chi connectivity index (χ3n) is 6.42. The Morgan fingerprint density at radius 2 is 2.19 bits per heavy atom. The van der Waals surface area contributed by atoms with Crippen LogP contribution in [0.2, 0.25) is 0 Å². The molecule has 110 valence electrons. The molecular formula is C20H24O. The molecule has 1 saturated carbocycles. The summed E-state index contributed by atoms with van der Waals surface area (Å²) in [5.41, 5.74) is 4.79. The summed E-state index contributed by atoms with van der Waals surface area (Å²) in [6, 6.07) is 5.92. The highest BCUT2D eigenvalue weighted by Crippen LogP contribution is 2.60. The second kappa shape index (κ2) is 4.50. The second-order valence-corrected chi connectivity index (χ2v) is 7.24. The maximum absolute atomic E-state index is 9.70. The minimum Gasteiger partial charge on any atom is -0.508 e. The van der Waals surface area contributed by atoms with Gasteiger partial charge in [-0.2, -0.15) is 0 Å². The van der Waals surface area contributed by atoms with Crippen LogP contribution in [0.5, 0.6) is 5.75 Å². The van der Waals surface area contributed by atoms with Gasteiger partial charge >= 0.3 is 0 Å². The molecule has 1 aromatic carbocycles. The van der Waals surface area contributed by atoms with Gasteiger partial charge in [0, 0.05) is 0 Å². The molecule has 3 aliphatic carbocycles. The van der Waals surface area contributed by atoms with Gasteiger partial charge in [-0.15, -0.1) is 0 Å². The predicted molar refractivity (Wildman–Crippen MR) is 87.2 cm³/mol. The largest absolute Gasteiger partial charge is 0.508 e. The molecule has 0 spiro atoms. The average molecular weight is 280 g/mol. The third kappa shape index (κ3) is 1.76. The standard InChI is InChI=1S/C20H24O/c1-3-14-5-9-19-18-7-4-13-12-15(21)6-8-16(13)17(18)10-11-20(14,19)2/h4-8,12,17-19,21H,3,9-11H2,1-2H3/t17?,18?,19?,20-/m1/s1. The second-order valence-electron chi connectivity index (χ2n) is 7.24. The number of hydrogen-bond acceptors (Lipinski definition) is 1. The van der Waals surface area contributed by atoms with E-state index in [1.807, 2.05) is 12.1 Å². The van der Waals surface area contributed by atoms with Crippen LogP contribution < -0.4 is 0 Å². The molecular weight excluding hydrogens is 256 g/mol. The van der Waals surface area contributed by atoms with Gasteiger partial charge in [-0.25, -0.2) is 0 Å². The lowest BCUT2D eigenvalue weighted by Gasteiger charge is -2.48. The quantitative estimate of drug-likeness (QED) is 0.694. The van der Waals surface area contributed by atoms with Gasteiger partial charge in [-0.3, -0.25) is 0 Å². The first-order valence-corrected chi connectivity index (χ1v) is 8.34. The lowest BCUT2D eigenvalue weighted by Crippen LogP contribution is -2.39. The van der Waals surface area contributed by atoms with Crippen molar-refractivity contribution in [3.63, 3.8) is 0 Å². The van der Waals surface area contributed by atoms with Crippen molar-refractivity contribution in [2.45, 2.75) is 45.4 Å². The molecule has 3 aliphatic rings. The molecule has 1 aromatic rings. The van der Waals surface area contributed by atoms with Crippen molar-refractivity contribution in [3.05, 3.63) is 47.1 Å². The fourth-order valence-corrected chi connectivity index (χ4v) is 5.29. The van der Waals surface area contributed by atoms with Gasteiger partial charge < -0.3 is 5.11 Å². The van der Waals surface area contributed by atoms with Gasteiger partial charge in [0.2, 0.25) is 0 Å². The molecule has 0 aliphatic heterocycles. The van der Waals surface area contributed by atoms with E-state index < -0.39 is 0 Å². The Labute approximate surface area is 127 Å². The highest BCUT2D eigenvalue weighted by Gasteiger charge is 2.50. The Kier molecular flexibility index (Phi) is 2.82. The molecule has 0 bridgehead atoms. The number of aromatic hydroxyl groups is 1. The molecule has 0 amide bonds. The number of rotatable bonds is 1. The lowest BCUT2D eigenvalue weighted by atomic mass is 9.55. The highest BCUT2D eigenvalue weighted by molar-refractivity contribution is 5.61. The summed E-state index contributed by atoms with van der Waals surface area (Å²) < 4.78 is 0. The van der Waals surface area contributed by atoms with E-state index in [9.17, 15) is 5.11 Å². The lowest BCUT2D eigenvalue weighted by molar-refractivity contribution is 0.112. The number of phenols is 1. The van der Waals surface area contributed by atoms with Crippen LogP contribution in [0.25, 0.3) is 6.08 Å². The van der Waals surface area contributed by atoms with Gasteiger partial charge in [-0.1, -0.05) is 43.7 Å². The van der Waals surface area contributed by atoms with E-state index >= 15 is 0 Å². The van der Waals surface area contributed by atoms with Crippen molar-refractivity contribution in [2.24, 2.45) is 17.3 Å². The Morgan fingerprint density at radius 1 is 1.33 bits per heavy atom. The zero-order valence-electron chi connectivity index (χ0n) is 13.0. The smallest absolute Gasteiger partial charge is 0.116 e. The van der Waals surface area contributed by atoms with Gasteiger partial charge in [0.1, 0.15) is 5.75 Å². The molecule has 4 rings (SSSR count). The first-order chi connectivity index (χ1) is 10.1. The number of benzene rings is 1. The van der Waals surface area contributed by atoms with E-state index in [0.717, 1.165) is 5.92 Å². The highest BCUT2D eigenvalue weighted by atomic mass is 16.3. The van der Waals surface area contributed by atoms with Crippen LogP contribution in [0, 0.1) is 17.3 Å². The topological polar surface area (TPSA) is 20.2 Å². The summed E-state index contributed by atoms with van der Waals surface area (Å²) in [7, 11) is 0. The third-order valence-corrected chi connectivity index (χ3v) is 6.42. The van der Waals surface area contributed by atoms with Crippen LogP contribution in [0.4, 0.5) is 0 Å². The Morgan fingerprint density at radius 3 is 3.00 bits per heavy atom. The molecule has 1 nitrogen and oxygen atoms in total. The van der Waals surface area contributed by atoms with Crippen LogP contribution in [-0.4, -0.2) is 5.11 Å². The van der Waals surface area contributed by atoms with E-state index in [1.54, 1.807) is 5.57 Å². The molecule has 0 aromatic heterocycles. The Balaban J connectivity index is 1.73. The number of allylic oxidation sites excluding steroid dienone is 3. The molecule has 3 unspecified atom stereocenters. The van der Waals surface area contributed by atoms with Crippen molar-refractivity contribution in [1.29, 1.82) is 0 Å². The molecule has 1 N–H and O–H groups in total. The van der Waals surface area contributed by atoms with E-state index in [1.165, 1.54) is 36.8 Å². The van der Waals surface area contributed by atoms with Crippen molar-refractivity contribution in [3.8, 4) is 5.75 Å². The van der Waals surface area contributed by atoms with E-state index in [-0.39, 0.29) is 0 Å². The fourth-order valence-electron chi connectivity index (χ4n) is 5.29. The SMILES string of the molecule is CCC1=CCC2C3C=Cc4cc(O)ccc4C3CC[C@]12C. The maximum Gasteiger partial charge on any atom is 0.116 e. The molecule has 1 fully saturated rings. The molecule has 0 heterocycles. The van der Waals surface area contributed by atoms with Crippen molar-refractivity contribution in [1.82, 2.24) is 0 Å². The van der Waals surface area contributed by atoms with E-state index in [2.05, 4.69) is 38.1 Å². The monoisotopic (exact) mass is 280 g/mol. The normalized spacial score (nSPS) is 36.7. The van der Waals surface area contributed by atoms with E-state index in [0.29, 0.717) is 23.0 Å². The predicted octanol–water partition coefficient (Wildman–Crippen LogP) is 5.28. The zero-order chi connectivity index (χ0) is 14.6. The number of hydrogen-bond donors (Lipinski definition) is 1. The van der Waals surface area contributed by atoms with Crippen molar-refractivity contribution < 1.29 is 5.11 Å². The fraction of sp³-hybridized carbons (Fsp3) is 0.500. The van der Waals surface area contributed by atoms with Crippen LogP contribution in [0.3, 0.4) is 0 Å². The molecule has 0 radical (unpaired) electrons. The molecule has 0 saturated heterocycles.